The molecular formula is C44H51N9O4. The molecule has 2 aromatic heterocycles. The average molecular weight is 770 g/mol. The van der Waals surface area contributed by atoms with Crippen LogP contribution in [0.25, 0.3) is 11.3 Å². The predicted molar refractivity (Wildman–Crippen MR) is 222 cm³/mol. The van der Waals surface area contributed by atoms with Gasteiger partial charge in [0.05, 0.1) is 33.1 Å². The number of nitrogens with zero attached hydrogens (tertiary/aromatic N) is 9. The van der Waals surface area contributed by atoms with Crippen LogP contribution in [0.1, 0.15) is 39.5 Å². The van der Waals surface area contributed by atoms with Crippen molar-refractivity contribution in [1.29, 1.82) is 0 Å². The van der Waals surface area contributed by atoms with Crippen molar-refractivity contribution in [3.8, 4) is 22.8 Å². The van der Waals surface area contributed by atoms with E-state index in [1.807, 2.05) is 53.7 Å². The fourth-order valence-corrected chi connectivity index (χ4v) is 7.91. The molecule has 2 saturated heterocycles. The smallest absolute Gasteiger partial charge is 0.254 e. The Labute approximate surface area is 334 Å². The Balaban J connectivity index is 1.12. The molecule has 0 N–H and O–H groups in total. The first-order valence-electron chi connectivity index (χ1n) is 19.9. The number of aromatic nitrogens is 4. The average Bonchev–Trinajstić information content (AvgIpc) is 3.70. The molecule has 0 spiro atoms. The zero-order valence-corrected chi connectivity index (χ0v) is 33.4. The minimum Gasteiger partial charge on any atom is -0.497 e. The van der Waals surface area contributed by atoms with E-state index < -0.39 is 0 Å². The van der Waals surface area contributed by atoms with Crippen LogP contribution >= 0.6 is 0 Å². The van der Waals surface area contributed by atoms with Crippen LogP contribution in [-0.2, 0) is 24.2 Å². The first kappa shape index (κ1) is 38.1. The molecule has 296 valence electrons. The van der Waals surface area contributed by atoms with Gasteiger partial charge in [0.15, 0.2) is 0 Å². The van der Waals surface area contributed by atoms with Gasteiger partial charge >= 0.3 is 0 Å². The molecule has 13 nitrogen and oxygen atoms in total. The maximum Gasteiger partial charge on any atom is 0.254 e. The number of likely N-dealkylation sites (N-methyl/N-ethyl adjacent to an activating group) is 1. The van der Waals surface area contributed by atoms with Crippen LogP contribution in [0.15, 0.2) is 79.1 Å². The van der Waals surface area contributed by atoms with E-state index in [9.17, 15) is 4.79 Å². The number of carbonyl (C=O) groups is 1. The third-order valence-corrected chi connectivity index (χ3v) is 11.3. The zero-order chi connectivity index (χ0) is 39.3. The lowest BCUT2D eigenvalue weighted by atomic mass is 10.0. The second-order valence-corrected chi connectivity index (χ2v) is 14.7. The molecule has 2 fully saturated rings. The third kappa shape index (κ3) is 8.21. The van der Waals surface area contributed by atoms with E-state index >= 15 is 0 Å². The van der Waals surface area contributed by atoms with Gasteiger partial charge in [-0.1, -0.05) is 37.3 Å². The number of rotatable bonds is 12. The van der Waals surface area contributed by atoms with Gasteiger partial charge in [0, 0.05) is 93.7 Å². The quantitative estimate of drug-likeness (QED) is 0.154. The number of piperazine rings is 1. The van der Waals surface area contributed by atoms with E-state index in [1.54, 1.807) is 14.2 Å². The number of carbonyl (C=O) groups excluding carboxylic acids is 1. The van der Waals surface area contributed by atoms with Crippen LogP contribution in [0.5, 0.6) is 11.5 Å². The van der Waals surface area contributed by atoms with Gasteiger partial charge in [-0.2, -0.15) is 4.98 Å². The third-order valence-electron chi connectivity index (χ3n) is 11.3. The van der Waals surface area contributed by atoms with Gasteiger partial charge in [-0.15, -0.1) is 0 Å². The number of ether oxygens (including phenoxy) is 3. The molecule has 5 heterocycles. The summed E-state index contributed by atoms with van der Waals surface area (Å²) in [6.45, 7) is 13.1. The SMILES string of the molecule is CCN1CCN(C(=O)c2cccc(N3CCc4c(-c5cnc(N(Cc6ccc(OC)cc6)Cc6ccc(OC)cc6)nc5)nc(N5CCOCC5)nc43)c2C)CC1. The number of benzene rings is 3. The van der Waals surface area contributed by atoms with Gasteiger partial charge < -0.3 is 38.7 Å². The highest BCUT2D eigenvalue weighted by atomic mass is 16.5. The molecule has 0 unspecified atom stereocenters. The van der Waals surface area contributed by atoms with Gasteiger partial charge in [-0.25, -0.2) is 15.0 Å². The molecule has 0 radical (unpaired) electrons. The topological polar surface area (TPSA) is 113 Å². The molecule has 3 aliphatic rings. The number of fused-ring (bicyclic) bond motifs is 1. The van der Waals surface area contributed by atoms with Crippen LogP contribution in [-0.4, -0.2) is 115 Å². The molecule has 0 saturated carbocycles. The predicted octanol–water partition coefficient (Wildman–Crippen LogP) is 5.77. The van der Waals surface area contributed by atoms with Crippen molar-refractivity contribution in [2.24, 2.45) is 0 Å². The molecule has 8 rings (SSSR count). The molecule has 3 aliphatic heterocycles. The number of hydrogen-bond acceptors (Lipinski definition) is 12. The fourth-order valence-electron chi connectivity index (χ4n) is 7.91. The lowest BCUT2D eigenvalue weighted by Crippen LogP contribution is -2.48. The van der Waals surface area contributed by atoms with E-state index in [4.69, 9.17) is 34.1 Å². The monoisotopic (exact) mass is 769 g/mol. The molecule has 3 aromatic carbocycles. The minimum absolute atomic E-state index is 0.0900. The van der Waals surface area contributed by atoms with Crippen LogP contribution in [0.2, 0.25) is 0 Å². The maximum absolute atomic E-state index is 13.9. The summed E-state index contributed by atoms with van der Waals surface area (Å²) in [7, 11) is 3.35. The summed E-state index contributed by atoms with van der Waals surface area (Å²) in [4.78, 5) is 45.2. The van der Waals surface area contributed by atoms with Gasteiger partial charge in [0.25, 0.3) is 5.91 Å². The minimum atomic E-state index is 0.0900. The van der Waals surface area contributed by atoms with Crippen LogP contribution in [0.3, 0.4) is 0 Å². The summed E-state index contributed by atoms with van der Waals surface area (Å²) in [5.74, 6) is 3.83. The van der Waals surface area contributed by atoms with Gasteiger partial charge in [-0.05, 0) is 73.0 Å². The summed E-state index contributed by atoms with van der Waals surface area (Å²) >= 11 is 0. The normalized spacial score (nSPS) is 15.8. The summed E-state index contributed by atoms with van der Waals surface area (Å²) in [6.07, 6.45) is 4.51. The maximum atomic E-state index is 13.9. The van der Waals surface area contributed by atoms with Gasteiger partial charge in [0.2, 0.25) is 11.9 Å². The van der Waals surface area contributed by atoms with Crippen molar-refractivity contribution in [2.45, 2.75) is 33.4 Å². The summed E-state index contributed by atoms with van der Waals surface area (Å²) in [6, 6.07) is 22.2. The van der Waals surface area contributed by atoms with Crippen molar-refractivity contribution in [2.75, 3.05) is 94.5 Å². The Kier molecular flexibility index (Phi) is 11.5. The lowest BCUT2D eigenvalue weighted by Gasteiger charge is -2.34. The fraction of sp³-hybridized carbons (Fsp3) is 0.386. The Morgan fingerprint density at radius 3 is 2.02 bits per heavy atom. The molecule has 0 atom stereocenters. The Bertz CT molecular complexity index is 2100. The number of hydrogen-bond donors (Lipinski definition) is 0. The van der Waals surface area contributed by atoms with Crippen molar-refractivity contribution in [3.63, 3.8) is 0 Å². The largest absolute Gasteiger partial charge is 0.497 e. The Hall–Kier alpha value is -5.79. The van der Waals surface area contributed by atoms with E-state index in [0.717, 1.165) is 101 Å². The molecule has 1 amide bonds. The van der Waals surface area contributed by atoms with Crippen molar-refractivity contribution in [1.82, 2.24) is 29.7 Å². The van der Waals surface area contributed by atoms with Crippen molar-refractivity contribution >= 4 is 29.3 Å². The van der Waals surface area contributed by atoms with E-state index in [1.165, 1.54) is 0 Å². The van der Waals surface area contributed by atoms with Crippen molar-refractivity contribution < 1.29 is 19.0 Å². The zero-order valence-electron chi connectivity index (χ0n) is 33.4. The van der Waals surface area contributed by atoms with Gasteiger partial charge in [0.1, 0.15) is 17.3 Å². The highest BCUT2D eigenvalue weighted by Gasteiger charge is 2.32. The first-order valence-corrected chi connectivity index (χ1v) is 19.9. The van der Waals surface area contributed by atoms with E-state index in [2.05, 4.69) is 63.8 Å². The number of morpholine rings is 1. The highest BCUT2D eigenvalue weighted by Crippen LogP contribution is 2.41. The second-order valence-electron chi connectivity index (χ2n) is 14.7. The summed E-state index contributed by atoms with van der Waals surface area (Å²) in [5.41, 5.74) is 7.61. The first-order chi connectivity index (χ1) is 27.9. The molecular weight excluding hydrogens is 719 g/mol. The van der Waals surface area contributed by atoms with E-state index in [0.29, 0.717) is 57.8 Å². The molecule has 13 heteroatoms. The van der Waals surface area contributed by atoms with Crippen LogP contribution in [0.4, 0.5) is 23.4 Å². The Morgan fingerprint density at radius 1 is 0.789 bits per heavy atom. The summed E-state index contributed by atoms with van der Waals surface area (Å²) < 4.78 is 16.5. The standard InChI is InChI=1S/C44H51N9O4/c1-5-49-19-21-50(22-20-49)42(54)37-7-6-8-39(31(37)2)53-18-17-38-40(47-44(48-41(38)53)51-23-25-57-26-24-51)34-27-45-43(46-28-34)52(29-32-9-13-35(55-3)14-10-32)30-33-11-15-36(56-4)16-12-33/h6-16,27-28H,5,17-26,29-30H2,1-4H3. The molecule has 5 aromatic rings. The molecule has 0 aliphatic carbocycles. The lowest BCUT2D eigenvalue weighted by molar-refractivity contribution is 0.0642. The van der Waals surface area contributed by atoms with Crippen LogP contribution < -0.4 is 24.2 Å². The second kappa shape index (κ2) is 17.1. The molecule has 0 bridgehead atoms. The number of amides is 1. The highest BCUT2D eigenvalue weighted by molar-refractivity contribution is 5.97. The van der Waals surface area contributed by atoms with Crippen molar-refractivity contribution in [3.05, 3.63) is 107 Å². The van der Waals surface area contributed by atoms with Gasteiger partial charge in [-0.3, -0.25) is 4.79 Å². The van der Waals surface area contributed by atoms with Crippen LogP contribution in [0, 0.1) is 6.92 Å². The Morgan fingerprint density at radius 2 is 1.42 bits per heavy atom. The summed E-state index contributed by atoms with van der Waals surface area (Å²) in [5, 5.41) is 0. The number of methoxy groups -OCH3 is 2. The molecule has 57 heavy (non-hydrogen) atoms. The van der Waals surface area contributed by atoms with E-state index in [-0.39, 0.29) is 5.91 Å². The number of anilines is 4.